The van der Waals surface area contributed by atoms with Crippen LogP contribution in [0.1, 0.15) is 39.8 Å². The molecular weight excluding hydrogens is 421 g/mol. The van der Waals surface area contributed by atoms with E-state index < -0.39 is 0 Å². The molecule has 0 amide bonds. The SMILES string of the molecule is CCOC(=O)c1ccccc1-n1c(C)cc(/C=N/NCc2c(Cl)cccc2Cl)c1C. The number of nitrogens with one attached hydrogen (secondary N) is 1. The molecule has 0 unspecified atom stereocenters. The zero-order valence-corrected chi connectivity index (χ0v) is 18.6. The molecule has 2 aromatic carbocycles. The summed E-state index contributed by atoms with van der Waals surface area (Å²) < 4.78 is 7.23. The summed E-state index contributed by atoms with van der Waals surface area (Å²) in [5.74, 6) is -0.339. The van der Waals surface area contributed by atoms with Gasteiger partial charge in [-0.3, -0.25) is 0 Å². The second kappa shape index (κ2) is 9.83. The van der Waals surface area contributed by atoms with E-state index in [0.717, 1.165) is 28.2 Å². The van der Waals surface area contributed by atoms with Gasteiger partial charge in [0.05, 0.1) is 30.6 Å². The second-order valence-electron chi connectivity index (χ2n) is 6.69. The van der Waals surface area contributed by atoms with Gasteiger partial charge in [-0.2, -0.15) is 5.10 Å². The highest BCUT2D eigenvalue weighted by Crippen LogP contribution is 2.25. The molecule has 0 spiro atoms. The molecule has 0 saturated heterocycles. The summed E-state index contributed by atoms with van der Waals surface area (Å²) in [6.07, 6.45) is 1.75. The first kappa shape index (κ1) is 21.9. The number of para-hydroxylation sites is 1. The molecule has 5 nitrogen and oxygen atoms in total. The van der Waals surface area contributed by atoms with Crippen LogP contribution in [0.2, 0.25) is 10.0 Å². The minimum Gasteiger partial charge on any atom is -0.462 e. The predicted octanol–water partition coefficient (Wildman–Crippen LogP) is 5.70. The van der Waals surface area contributed by atoms with Crippen molar-refractivity contribution in [3.05, 3.63) is 86.7 Å². The lowest BCUT2D eigenvalue weighted by Gasteiger charge is -2.14. The number of benzene rings is 2. The number of rotatable bonds is 7. The molecular formula is C23H23Cl2N3O2. The maximum Gasteiger partial charge on any atom is 0.340 e. The van der Waals surface area contributed by atoms with Crippen LogP contribution >= 0.6 is 23.2 Å². The molecule has 0 aliphatic heterocycles. The van der Waals surface area contributed by atoms with E-state index in [0.29, 0.717) is 28.8 Å². The maximum absolute atomic E-state index is 12.4. The van der Waals surface area contributed by atoms with E-state index >= 15 is 0 Å². The third-order valence-electron chi connectivity index (χ3n) is 4.72. The molecule has 30 heavy (non-hydrogen) atoms. The highest BCUT2D eigenvalue weighted by molar-refractivity contribution is 6.35. The maximum atomic E-state index is 12.4. The van der Waals surface area contributed by atoms with Crippen LogP contribution in [0.3, 0.4) is 0 Å². The van der Waals surface area contributed by atoms with Gasteiger partial charge in [0.1, 0.15) is 0 Å². The first-order chi connectivity index (χ1) is 14.4. The molecule has 156 valence electrons. The number of aryl methyl sites for hydroxylation is 1. The Balaban J connectivity index is 1.83. The predicted molar refractivity (Wildman–Crippen MR) is 122 cm³/mol. The quantitative estimate of drug-likeness (QED) is 0.289. The van der Waals surface area contributed by atoms with Gasteiger partial charge in [0.2, 0.25) is 0 Å². The van der Waals surface area contributed by atoms with Crippen molar-refractivity contribution in [2.24, 2.45) is 5.10 Å². The molecule has 3 rings (SSSR count). The highest BCUT2D eigenvalue weighted by atomic mass is 35.5. The summed E-state index contributed by atoms with van der Waals surface area (Å²) in [5.41, 5.74) is 7.98. The van der Waals surface area contributed by atoms with E-state index in [9.17, 15) is 4.79 Å². The Morgan fingerprint density at radius 1 is 1.13 bits per heavy atom. The Morgan fingerprint density at radius 3 is 2.53 bits per heavy atom. The van der Waals surface area contributed by atoms with E-state index in [1.165, 1.54) is 0 Å². The van der Waals surface area contributed by atoms with E-state index in [1.807, 2.05) is 42.7 Å². The summed E-state index contributed by atoms with van der Waals surface area (Å²) >= 11 is 12.4. The Kier molecular flexibility index (Phi) is 7.19. The normalized spacial score (nSPS) is 11.1. The third kappa shape index (κ3) is 4.69. The number of hydrogen-bond donors (Lipinski definition) is 1. The zero-order valence-electron chi connectivity index (χ0n) is 17.1. The minimum atomic E-state index is -0.339. The van der Waals surface area contributed by atoms with Crippen molar-refractivity contribution in [3.8, 4) is 5.69 Å². The van der Waals surface area contributed by atoms with Gasteiger partial charge in [0, 0.05) is 32.6 Å². The summed E-state index contributed by atoms with van der Waals surface area (Å²) in [4.78, 5) is 12.4. The van der Waals surface area contributed by atoms with Gasteiger partial charge >= 0.3 is 5.97 Å². The Labute approximate surface area is 186 Å². The summed E-state index contributed by atoms with van der Waals surface area (Å²) in [6, 6.07) is 14.8. The van der Waals surface area contributed by atoms with Crippen LogP contribution in [0, 0.1) is 13.8 Å². The number of hydrazone groups is 1. The lowest BCUT2D eigenvalue weighted by Crippen LogP contribution is -2.11. The van der Waals surface area contributed by atoms with Crippen LogP contribution in [0.25, 0.3) is 5.69 Å². The molecule has 7 heteroatoms. The van der Waals surface area contributed by atoms with Gasteiger partial charge in [0.25, 0.3) is 0 Å². The first-order valence-corrected chi connectivity index (χ1v) is 10.3. The number of aromatic nitrogens is 1. The van der Waals surface area contributed by atoms with E-state index in [4.69, 9.17) is 27.9 Å². The number of ether oxygens (including phenoxy) is 1. The molecule has 0 aliphatic rings. The molecule has 0 radical (unpaired) electrons. The average molecular weight is 444 g/mol. The van der Waals surface area contributed by atoms with Crippen molar-refractivity contribution in [3.63, 3.8) is 0 Å². The summed E-state index contributed by atoms with van der Waals surface area (Å²) in [7, 11) is 0. The van der Waals surface area contributed by atoms with Gasteiger partial charge < -0.3 is 14.7 Å². The van der Waals surface area contributed by atoms with Crippen LogP contribution in [0.4, 0.5) is 0 Å². The molecule has 0 bridgehead atoms. The van der Waals surface area contributed by atoms with Gasteiger partial charge in [-0.15, -0.1) is 0 Å². The fourth-order valence-electron chi connectivity index (χ4n) is 3.28. The molecule has 1 heterocycles. The molecule has 0 saturated carbocycles. The van der Waals surface area contributed by atoms with Crippen molar-refractivity contribution in [1.29, 1.82) is 0 Å². The molecule has 1 aromatic heterocycles. The van der Waals surface area contributed by atoms with Gasteiger partial charge in [-0.05, 0) is 51.1 Å². The molecule has 3 aromatic rings. The zero-order chi connectivity index (χ0) is 21.7. The number of nitrogens with zero attached hydrogens (tertiary/aromatic N) is 2. The number of halogens is 2. The number of carbonyl (C=O) groups is 1. The highest BCUT2D eigenvalue weighted by Gasteiger charge is 2.17. The van der Waals surface area contributed by atoms with E-state index in [1.54, 1.807) is 37.4 Å². The van der Waals surface area contributed by atoms with Crippen molar-refractivity contribution < 1.29 is 9.53 Å². The van der Waals surface area contributed by atoms with Crippen molar-refractivity contribution in [1.82, 2.24) is 9.99 Å². The summed E-state index contributed by atoms with van der Waals surface area (Å²) in [6.45, 7) is 6.52. The van der Waals surface area contributed by atoms with Crippen LogP contribution in [0.5, 0.6) is 0 Å². The Bertz CT molecular complexity index is 1070. The van der Waals surface area contributed by atoms with Crippen molar-refractivity contribution in [2.75, 3.05) is 6.61 Å². The van der Waals surface area contributed by atoms with Crippen molar-refractivity contribution >= 4 is 35.4 Å². The Hall–Kier alpha value is -2.76. The van der Waals surface area contributed by atoms with Crippen molar-refractivity contribution in [2.45, 2.75) is 27.3 Å². The third-order valence-corrected chi connectivity index (χ3v) is 5.43. The van der Waals surface area contributed by atoms with Crippen LogP contribution in [-0.4, -0.2) is 23.4 Å². The number of esters is 1. The van der Waals surface area contributed by atoms with Gasteiger partial charge in [0.15, 0.2) is 0 Å². The Morgan fingerprint density at radius 2 is 1.83 bits per heavy atom. The smallest absolute Gasteiger partial charge is 0.340 e. The topological polar surface area (TPSA) is 55.6 Å². The molecule has 0 aliphatic carbocycles. The standard InChI is InChI=1S/C23H23Cl2N3O2/c1-4-30-23(29)18-8-5-6-11-22(18)28-15(2)12-17(16(28)3)13-26-27-14-19-20(24)9-7-10-21(19)25/h5-13,27H,4,14H2,1-3H3/b26-13+. The molecule has 0 fully saturated rings. The molecule has 0 atom stereocenters. The number of hydrogen-bond acceptors (Lipinski definition) is 4. The number of carbonyl (C=O) groups excluding carboxylic acids is 1. The minimum absolute atomic E-state index is 0.329. The summed E-state index contributed by atoms with van der Waals surface area (Å²) in [5, 5.41) is 5.51. The average Bonchev–Trinajstić information content (AvgIpc) is 3.00. The van der Waals surface area contributed by atoms with Crippen LogP contribution in [-0.2, 0) is 11.3 Å². The fourth-order valence-corrected chi connectivity index (χ4v) is 3.81. The van der Waals surface area contributed by atoms with Gasteiger partial charge in [-0.25, -0.2) is 4.79 Å². The fraction of sp³-hybridized carbons (Fsp3) is 0.217. The lowest BCUT2D eigenvalue weighted by molar-refractivity contribution is 0.0526. The largest absolute Gasteiger partial charge is 0.462 e. The first-order valence-electron chi connectivity index (χ1n) is 9.58. The molecule has 1 N–H and O–H groups in total. The second-order valence-corrected chi connectivity index (χ2v) is 7.51. The van der Waals surface area contributed by atoms with Crippen LogP contribution in [0.15, 0.2) is 53.6 Å². The van der Waals surface area contributed by atoms with Gasteiger partial charge in [-0.1, -0.05) is 41.4 Å². The lowest BCUT2D eigenvalue weighted by atomic mass is 10.1. The van der Waals surface area contributed by atoms with E-state index in [2.05, 4.69) is 10.5 Å². The van der Waals surface area contributed by atoms with Crippen LogP contribution < -0.4 is 5.43 Å². The van der Waals surface area contributed by atoms with E-state index in [-0.39, 0.29) is 5.97 Å². The monoisotopic (exact) mass is 443 g/mol.